The van der Waals surface area contributed by atoms with Crippen molar-refractivity contribution < 1.29 is 4.39 Å². The smallest absolute Gasteiger partial charge is 0.273 e. The van der Waals surface area contributed by atoms with Crippen molar-refractivity contribution in [3.63, 3.8) is 0 Å². The first kappa shape index (κ1) is 11.3. The maximum atomic E-state index is 13.6. The van der Waals surface area contributed by atoms with Crippen LogP contribution in [0.25, 0.3) is 11.0 Å². The van der Waals surface area contributed by atoms with Gasteiger partial charge in [-0.1, -0.05) is 28.9 Å². The second-order valence-electron chi connectivity index (χ2n) is 3.37. The van der Waals surface area contributed by atoms with Crippen molar-refractivity contribution in [1.29, 1.82) is 0 Å². The van der Waals surface area contributed by atoms with Gasteiger partial charge in [-0.3, -0.25) is 9.36 Å². The minimum absolute atomic E-state index is 0.239. The third-order valence-electron chi connectivity index (χ3n) is 2.44. The molecule has 0 unspecified atom stereocenters. The maximum absolute atomic E-state index is 13.6. The number of aryl methyl sites for hydroxylation is 1. The van der Waals surface area contributed by atoms with Gasteiger partial charge in [-0.25, -0.2) is 9.37 Å². The van der Waals surface area contributed by atoms with Gasteiger partial charge in [-0.2, -0.15) is 0 Å². The molecule has 0 aliphatic carbocycles. The van der Waals surface area contributed by atoms with Gasteiger partial charge in [0.25, 0.3) is 5.56 Å². The molecule has 2 aromatic rings. The average Bonchev–Trinajstić information content (AvgIpc) is 2.29. The van der Waals surface area contributed by atoms with Crippen molar-refractivity contribution in [2.45, 2.75) is 18.8 Å². The Morgan fingerprint density at radius 1 is 1.50 bits per heavy atom. The number of hydrogen-bond acceptors (Lipinski definition) is 2. The molecule has 0 N–H and O–H groups in total. The Morgan fingerprint density at radius 2 is 2.25 bits per heavy atom. The van der Waals surface area contributed by atoms with Crippen LogP contribution in [0.3, 0.4) is 0 Å². The van der Waals surface area contributed by atoms with Crippen molar-refractivity contribution >= 4 is 27.0 Å². The molecular formula is C11H10BrFN2O. The van der Waals surface area contributed by atoms with Gasteiger partial charge in [0.15, 0.2) is 0 Å². The number of rotatable bonds is 2. The van der Waals surface area contributed by atoms with Crippen LogP contribution in [0.4, 0.5) is 4.39 Å². The number of halogens is 2. The largest absolute Gasteiger partial charge is 0.292 e. The highest BCUT2D eigenvalue weighted by Gasteiger charge is 2.11. The minimum atomic E-state index is -0.427. The van der Waals surface area contributed by atoms with Gasteiger partial charge in [0.05, 0.1) is 11.0 Å². The van der Waals surface area contributed by atoms with Gasteiger partial charge < -0.3 is 0 Å². The molecule has 0 fully saturated rings. The van der Waals surface area contributed by atoms with Crippen LogP contribution in [0.2, 0.25) is 0 Å². The molecule has 1 heterocycles. The number of benzene rings is 1. The topological polar surface area (TPSA) is 34.9 Å². The first-order valence-electron chi connectivity index (χ1n) is 4.93. The Labute approximate surface area is 100 Å². The molecule has 2 rings (SSSR count). The number of para-hydroxylation sites is 1. The number of alkyl halides is 1. The Kier molecular flexibility index (Phi) is 3.05. The monoisotopic (exact) mass is 284 g/mol. The van der Waals surface area contributed by atoms with E-state index in [4.69, 9.17) is 0 Å². The van der Waals surface area contributed by atoms with Crippen LogP contribution < -0.4 is 5.56 Å². The predicted octanol–water partition coefficient (Wildman–Crippen LogP) is 2.45. The molecular weight excluding hydrogens is 275 g/mol. The minimum Gasteiger partial charge on any atom is -0.292 e. The summed E-state index contributed by atoms with van der Waals surface area (Å²) in [6.45, 7) is 1.85. The summed E-state index contributed by atoms with van der Waals surface area (Å²) in [5.41, 5.74) is 1.24. The lowest BCUT2D eigenvalue weighted by molar-refractivity contribution is 0.627. The molecule has 3 nitrogen and oxygen atoms in total. The Balaban J connectivity index is 2.96. The number of fused-ring (bicyclic) bond motifs is 1. The third-order valence-corrected chi connectivity index (χ3v) is 2.94. The summed E-state index contributed by atoms with van der Waals surface area (Å²) in [4.78, 5) is 16.1. The Bertz CT molecular complexity index is 594. The van der Waals surface area contributed by atoms with Gasteiger partial charge in [0.1, 0.15) is 17.0 Å². The summed E-state index contributed by atoms with van der Waals surface area (Å²) in [5, 5.41) is 0. The Hall–Kier alpha value is -1.23. The van der Waals surface area contributed by atoms with Crippen LogP contribution >= 0.6 is 15.9 Å². The summed E-state index contributed by atoms with van der Waals surface area (Å²) < 4.78 is 15.0. The molecule has 0 spiro atoms. The third kappa shape index (κ3) is 1.65. The van der Waals surface area contributed by atoms with Crippen molar-refractivity contribution in [2.75, 3.05) is 0 Å². The molecule has 16 heavy (non-hydrogen) atoms. The van der Waals surface area contributed by atoms with E-state index in [2.05, 4.69) is 20.9 Å². The number of aromatic nitrogens is 2. The summed E-state index contributed by atoms with van der Waals surface area (Å²) in [6.07, 6.45) is 0.540. The van der Waals surface area contributed by atoms with E-state index in [0.29, 0.717) is 17.6 Å². The van der Waals surface area contributed by atoms with Gasteiger partial charge in [0, 0.05) is 0 Å². The molecule has 1 aromatic carbocycles. The van der Waals surface area contributed by atoms with Crippen LogP contribution in [0.15, 0.2) is 23.0 Å². The molecule has 1 aromatic heterocycles. The lowest BCUT2D eigenvalue weighted by Crippen LogP contribution is -2.24. The van der Waals surface area contributed by atoms with E-state index in [1.807, 2.05) is 6.92 Å². The zero-order valence-electron chi connectivity index (χ0n) is 8.70. The molecule has 5 heteroatoms. The highest BCUT2D eigenvalue weighted by Crippen LogP contribution is 2.15. The van der Waals surface area contributed by atoms with Crippen LogP contribution in [0.1, 0.15) is 12.6 Å². The van der Waals surface area contributed by atoms with Gasteiger partial charge in [0.2, 0.25) is 0 Å². The van der Waals surface area contributed by atoms with E-state index in [0.717, 1.165) is 0 Å². The first-order chi connectivity index (χ1) is 7.69. The van der Waals surface area contributed by atoms with E-state index in [1.165, 1.54) is 10.6 Å². The zero-order valence-corrected chi connectivity index (χ0v) is 10.3. The molecule has 0 saturated heterocycles. The second-order valence-corrected chi connectivity index (χ2v) is 3.87. The van der Waals surface area contributed by atoms with Crippen LogP contribution in [0, 0.1) is 5.82 Å². The van der Waals surface area contributed by atoms with E-state index < -0.39 is 5.82 Å². The normalized spacial score (nSPS) is 10.9. The van der Waals surface area contributed by atoms with Crippen molar-refractivity contribution in [2.24, 2.45) is 0 Å². The van der Waals surface area contributed by atoms with E-state index in [-0.39, 0.29) is 16.5 Å². The van der Waals surface area contributed by atoms with Crippen LogP contribution in [0.5, 0.6) is 0 Å². The second kappa shape index (κ2) is 4.33. The molecule has 0 saturated carbocycles. The molecule has 84 valence electrons. The maximum Gasteiger partial charge on any atom is 0.273 e. The van der Waals surface area contributed by atoms with Gasteiger partial charge >= 0.3 is 0 Å². The summed E-state index contributed by atoms with van der Waals surface area (Å²) in [6, 6.07) is 4.62. The molecule has 0 atom stereocenters. The number of hydrogen-bond donors (Lipinski definition) is 0. The Morgan fingerprint density at radius 3 is 2.88 bits per heavy atom. The molecule has 0 radical (unpaired) electrons. The number of nitrogens with zero attached hydrogens (tertiary/aromatic N) is 2. The standard InChI is InChI=1S/C11H10BrFN2O/c1-2-8-11(16)15(6-12)10-7(13)4-3-5-9(10)14-8/h3-5H,2,6H2,1H3. The summed E-state index contributed by atoms with van der Waals surface area (Å²) in [5.74, 6) is -0.427. The van der Waals surface area contributed by atoms with Crippen LogP contribution in [-0.4, -0.2) is 9.55 Å². The highest BCUT2D eigenvalue weighted by molar-refractivity contribution is 9.08. The lowest BCUT2D eigenvalue weighted by atomic mass is 10.2. The molecule has 0 aliphatic heterocycles. The fourth-order valence-corrected chi connectivity index (χ4v) is 2.13. The first-order valence-corrected chi connectivity index (χ1v) is 6.05. The van der Waals surface area contributed by atoms with Crippen molar-refractivity contribution in [3.05, 3.63) is 40.1 Å². The van der Waals surface area contributed by atoms with Gasteiger partial charge in [-0.15, -0.1) is 0 Å². The fraction of sp³-hybridized carbons (Fsp3) is 0.273. The molecule has 0 amide bonds. The predicted molar refractivity (Wildman–Crippen MR) is 64.3 cm³/mol. The van der Waals surface area contributed by atoms with Crippen molar-refractivity contribution in [3.8, 4) is 0 Å². The van der Waals surface area contributed by atoms with Crippen LogP contribution in [-0.2, 0) is 11.9 Å². The summed E-state index contributed by atoms with van der Waals surface area (Å²) >= 11 is 3.20. The van der Waals surface area contributed by atoms with E-state index in [9.17, 15) is 9.18 Å². The zero-order chi connectivity index (χ0) is 11.7. The van der Waals surface area contributed by atoms with E-state index >= 15 is 0 Å². The SMILES string of the molecule is CCc1nc2cccc(F)c2n(CBr)c1=O. The lowest BCUT2D eigenvalue weighted by Gasteiger charge is -2.09. The highest BCUT2D eigenvalue weighted by atomic mass is 79.9. The fourth-order valence-electron chi connectivity index (χ4n) is 1.66. The summed E-state index contributed by atoms with van der Waals surface area (Å²) in [7, 11) is 0. The van der Waals surface area contributed by atoms with Gasteiger partial charge in [-0.05, 0) is 18.6 Å². The average molecular weight is 285 g/mol. The molecule has 0 bridgehead atoms. The molecule has 0 aliphatic rings. The quantitative estimate of drug-likeness (QED) is 0.794. The van der Waals surface area contributed by atoms with Crippen molar-refractivity contribution in [1.82, 2.24) is 9.55 Å². The van der Waals surface area contributed by atoms with E-state index in [1.54, 1.807) is 12.1 Å².